The van der Waals surface area contributed by atoms with Crippen LogP contribution in [-0.4, -0.2) is 49.7 Å². The Balaban J connectivity index is 1.63. The van der Waals surface area contributed by atoms with Crippen molar-refractivity contribution in [2.75, 3.05) is 18.0 Å². The van der Waals surface area contributed by atoms with Gasteiger partial charge in [0.25, 0.3) is 0 Å². The Hall–Kier alpha value is -3.48. The van der Waals surface area contributed by atoms with Gasteiger partial charge in [-0.05, 0) is 30.5 Å². The Morgan fingerprint density at radius 3 is 2.35 bits per heavy atom. The van der Waals surface area contributed by atoms with Gasteiger partial charge in [0, 0.05) is 17.7 Å². The molecule has 1 heterocycles. The third-order valence-electron chi connectivity index (χ3n) is 5.90. The molecule has 1 aliphatic carbocycles. The lowest BCUT2D eigenvalue weighted by atomic mass is 10.0. The molecule has 2 amide bonds. The van der Waals surface area contributed by atoms with Crippen molar-refractivity contribution in [1.29, 1.82) is 0 Å². The summed E-state index contributed by atoms with van der Waals surface area (Å²) in [6.07, 6.45) is 1.47. The number of anilines is 1. The Labute approximate surface area is 219 Å². The predicted molar refractivity (Wildman–Crippen MR) is 140 cm³/mol. The van der Waals surface area contributed by atoms with Crippen LogP contribution in [0.2, 0.25) is 0 Å². The highest BCUT2D eigenvalue weighted by molar-refractivity contribution is 7.87. The van der Waals surface area contributed by atoms with Gasteiger partial charge >= 0.3 is 16.4 Å². The predicted octanol–water partition coefficient (Wildman–Crippen LogP) is 3.45. The highest BCUT2D eigenvalue weighted by Gasteiger charge is 2.32. The summed E-state index contributed by atoms with van der Waals surface area (Å²) in [6, 6.07) is 15.3. The monoisotopic (exact) mass is 544 g/mol. The van der Waals surface area contributed by atoms with Crippen LogP contribution in [0.4, 0.5) is 10.5 Å². The molecule has 0 bridgehead atoms. The summed E-state index contributed by atoms with van der Waals surface area (Å²) in [4.78, 5) is 30.1. The average Bonchev–Trinajstić information content (AvgIpc) is 3.62. The molecule has 0 unspecified atom stereocenters. The summed E-state index contributed by atoms with van der Waals surface area (Å²) in [5, 5.41) is 7.80. The Kier molecular flexibility index (Phi) is 8.41. The van der Waals surface area contributed by atoms with Crippen LogP contribution in [0, 0.1) is 0 Å². The lowest BCUT2D eigenvalue weighted by Crippen LogP contribution is -2.50. The summed E-state index contributed by atoms with van der Waals surface area (Å²) in [7, 11) is -3.47. The minimum absolute atomic E-state index is 0.181. The van der Waals surface area contributed by atoms with Crippen LogP contribution in [0.15, 0.2) is 66.0 Å². The third kappa shape index (κ3) is 7.28. The van der Waals surface area contributed by atoms with Crippen molar-refractivity contribution in [2.24, 2.45) is 0 Å². The number of alkyl carbamates (subject to hydrolysis) is 1. The second-order valence-electron chi connectivity index (χ2n) is 8.67. The van der Waals surface area contributed by atoms with Crippen LogP contribution < -0.4 is 14.9 Å². The molecule has 0 aliphatic heterocycles. The number of hydrogen-bond donors (Lipinski definition) is 3. The van der Waals surface area contributed by atoms with Crippen molar-refractivity contribution in [3.63, 3.8) is 0 Å². The molecule has 1 fully saturated rings. The van der Waals surface area contributed by atoms with Gasteiger partial charge in [-0.15, -0.1) is 11.3 Å². The van der Waals surface area contributed by atoms with Crippen LogP contribution in [0.25, 0.3) is 0 Å². The quantitative estimate of drug-likeness (QED) is 0.314. The van der Waals surface area contributed by atoms with E-state index in [-0.39, 0.29) is 18.7 Å². The van der Waals surface area contributed by atoms with Gasteiger partial charge < -0.3 is 15.4 Å². The number of thiazole rings is 1. The molecule has 2 aromatic carbocycles. The van der Waals surface area contributed by atoms with E-state index >= 15 is 0 Å². The number of carbonyl (C=O) groups excluding carboxylic acids is 2. The summed E-state index contributed by atoms with van der Waals surface area (Å²) < 4.78 is 40.2. The third-order valence-corrected chi connectivity index (χ3v) is 7.79. The first-order valence-electron chi connectivity index (χ1n) is 11.7. The van der Waals surface area contributed by atoms with Crippen LogP contribution in [0.5, 0.6) is 0 Å². The number of methoxy groups -OCH3 is 1. The number of benzene rings is 2. The van der Waals surface area contributed by atoms with Crippen LogP contribution >= 0.6 is 11.3 Å². The summed E-state index contributed by atoms with van der Waals surface area (Å²) >= 11 is 1.31. The summed E-state index contributed by atoms with van der Waals surface area (Å²) in [6.45, 7) is -0.303. The maximum absolute atomic E-state index is 13.5. The average molecular weight is 545 g/mol. The van der Waals surface area contributed by atoms with Crippen molar-refractivity contribution in [3.8, 4) is 0 Å². The molecule has 3 N–H and O–H groups in total. The van der Waals surface area contributed by atoms with Crippen molar-refractivity contribution in [2.45, 2.75) is 37.3 Å². The van der Waals surface area contributed by atoms with Crippen molar-refractivity contribution in [1.82, 2.24) is 15.6 Å². The fraction of sp³-hybridized carbons (Fsp3) is 0.320. The highest BCUT2D eigenvalue weighted by atomic mass is 32.2. The van der Waals surface area contributed by atoms with Gasteiger partial charge in [0.15, 0.2) is 0 Å². The molecule has 1 aliphatic rings. The zero-order chi connectivity index (χ0) is 26.4. The SMILES string of the molecule is COC(=O)N[C@@H](Cc1ccccc1)C(=O)N[C@@H](CN(c1ccccc1)S(=O)(=O)O)c1nc(C2CC2)cs1. The smallest absolute Gasteiger partial charge is 0.407 e. The topological polar surface area (TPSA) is 138 Å². The number of rotatable bonds is 11. The second kappa shape index (κ2) is 11.7. The lowest BCUT2D eigenvalue weighted by Gasteiger charge is -2.27. The zero-order valence-electron chi connectivity index (χ0n) is 20.1. The van der Waals surface area contributed by atoms with Gasteiger partial charge in [-0.3, -0.25) is 9.35 Å². The molecule has 10 nitrogen and oxygen atoms in total. The van der Waals surface area contributed by atoms with Crippen LogP contribution in [0.1, 0.15) is 41.1 Å². The molecule has 3 aromatic rings. The number of nitrogens with one attached hydrogen (secondary N) is 2. The van der Waals surface area contributed by atoms with E-state index in [1.165, 1.54) is 18.4 Å². The Bertz CT molecular complexity index is 1310. The van der Waals surface area contributed by atoms with E-state index in [1.807, 2.05) is 35.7 Å². The summed E-state index contributed by atoms with van der Waals surface area (Å²) in [5.74, 6) is -0.189. The minimum atomic E-state index is -4.68. The molecule has 0 saturated heterocycles. The highest BCUT2D eigenvalue weighted by Crippen LogP contribution is 2.41. The summed E-state index contributed by atoms with van der Waals surface area (Å²) in [5.41, 5.74) is 1.94. The molecular formula is C25H28N4O6S2. The van der Waals surface area contributed by atoms with E-state index < -0.39 is 34.4 Å². The van der Waals surface area contributed by atoms with Gasteiger partial charge in [-0.1, -0.05) is 48.5 Å². The minimum Gasteiger partial charge on any atom is -0.453 e. The first kappa shape index (κ1) is 26.6. The number of amides is 2. The Morgan fingerprint density at radius 2 is 1.76 bits per heavy atom. The number of nitrogens with zero attached hydrogens (tertiary/aromatic N) is 2. The first-order valence-corrected chi connectivity index (χ1v) is 14.0. The fourth-order valence-corrected chi connectivity index (χ4v) is 5.51. The number of para-hydroxylation sites is 1. The number of aromatic nitrogens is 1. The second-order valence-corrected chi connectivity index (χ2v) is 10.9. The molecule has 1 aromatic heterocycles. The van der Waals surface area contributed by atoms with Crippen molar-refractivity contribution in [3.05, 3.63) is 82.3 Å². The van der Waals surface area contributed by atoms with Gasteiger partial charge in [0.05, 0.1) is 31.1 Å². The van der Waals surface area contributed by atoms with Crippen LogP contribution in [0.3, 0.4) is 0 Å². The largest absolute Gasteiger partial charge is 0.453 e. The van der Waals surface area contributed by atoms with Gasteiger partial charge in [-0.2, -0.15) is 8.42 Å². The normalized spacial score (nSPS) is 14.9. The van der Waals surface area contributed by atoms with Crippen molar-refractivity contribution >= 4 is 39.3 Å². The van der Waals surface area contributed by atoms with Crippen molar-refractivity contribution < 1.29 is 27.3 Å². The molecule has 196 valence electrons. The first-order chi connectivity index (χ1) is 17.7. The number of ether oxygens (including phenoxy) is 1. The zero-order valence-corrected chi connectivity index (χ0v) is 21.7. The molecule has 37 heavy (non-hydrogen) atoms. The maximum atomic E-state index is 13.5. The number of carbonyl (C=O) groups is 2. The molecule has 2 atom stereocenters. The van der Waals surface area contributed by atoms with Crippen LogP contribution in [-0.2, 0) is 26.3 Å². The molecular weight excluding hydrogens is 516 g/mol. The number of hydrogen-bond acceptors (Lipinski definition) is 7. The molecule has 0 radical (unpaired) electrons. The lowest BCUT2D eigenvalue weighted by molar-refractivity contribution is -0.123. The molecule has 12 heteroatoms. The fourth-order valence-electron chi connectivity index (χ4n) is 3.84. The van der Waals surface area contributed by atoms with Gasteiger partial charge in [-0.25, -0.2) is 14.1 Å². The van der Waals surface area contributed by atoms with Gasteiger partial charge in [0.2, 0.25) is 5.91 Å². The van der Waals surface area contributed by atoms with E-state index in [9.17, 15) is 22.6 Å². The van der Waals surface area contributed by atoms with E-state index in [2.05, 4.69) is 15.6 Å². The maximum Gasteiger partial charge on any atom is 0.407 e. The van der Waals surface area contributed by atoms with E-state index in [0.29, 0.717) is 10.9 Å². The molecule has 0 spiro atoms. The molecule has 1 saturated carbocycles. The van der Waals surface area contributed by atoms with Gasteiger partial charge in [0.1, 0.15) is 11.0 Å². The standard InChI is InChI=1S/C25H28N4O6S2/c1-35-25(31)28-20(14-17-8-4-2-5-9-17)23(30)26-21(24-27-22(16-36-24)18-12-13-18)15-29(37(32,33)34)19-10-6-3-7-11-19/h2-11,16,18,20-21H,12-15H2,1H3,(H,26,30)(H,28,31)(H,32,33,34)/t20-,21-/m0/s1. The Morgan fingerprint density at radius 1 is 1.11 bits per heavy atom. The molecule has 4 rings (SSSR count). The van der Waals surface area contributed by atoms with E-state index in [1.54, 1.807) is 30.3 Å². The van der Waals surface area contributed by atoms with E-state index in [0.717, 1.165) is 28.4 Å². The van der Waals surface area contributed by atoms with E-state index in [4.69, 9.17) is 4.74 Å².